The molecule has 0 bridgehead atoms. The monoisotopic (exact) mass is 479 g/mol. The van der Waals surface area contributed by atoms with Crippen LogP contribution in [0.1, 0.15) is 63.0 Å². The highest BCUT2D eigenvalue weighted by Crippen LogP contribution is 2.40. The number of hydrogen-bond acceptors (Lipinski definition) is 7. The Kier molecular flexibility index (Phi) is 7.97. The van der Waals surface area contributed by atoms with Crippen LogP contribution in [-0.4, -0.2) is 53.9 Å². The molecule has 0 unspecified atom stereocenters. The van der Waals surface area contributed by atoms with Crippen molar-refractivity contribution in [1.29, 1.82) is 0 Å². The van der Waals surface area contributed by atoms with Gasteiger partial charge in [0.15, 0.2) is 11.0 Å². The molecular formula is C23H30ClN3O4S. The first kappa shape index (κ1) is 23.4. The summed E-state index contributed by atoms with van der Waals surface area (Å²) in [5, 5.41) is 2.22. The van der Waals surface area contributed by atoms with E-state index in [1.165, 1.54) is 11.8 Å². The third-order valence-corrected chi connectivity index (χ3v) is 6.94. The van der Waals surface area contributed by atoms with Crippen molar-refractivity contribution in [2.24, 2.45) is 5.92 Å². The van der Waals surface area contributed by atoms with Crippen molar-refractivity contribution in [1.82, 2.24) is 14.9 Å². The van der Waals surface area contributed by atoms with Crippen LogP contribution in [0.25, 0.3) is 0 Å². The van der Waals surface area contributed by atoms with E-state index in [1.807, 2.05) is 26.0 Å². The first-order chi connectivity index (χ1) is 15.5. The molecule has 2 aromatic heterocycles. The van der Waals surface area contributed by atoms with Crippen molar-refractivity contribution in [2.45, 2.75) is 61.5 Å². The lowest BCUT2D eigenvalue weighted by atomic mass is 9.94. The average molecular weight is 480 g/mol. The van der Waals surface area contributed by atoms with E-state index in [9.17, 15) is 4.79 Å². The number of likely N-dealkylation sites (tertiary alicyclic amines) is 1. The highest BCUT2D eigenvalue weighted by atomic mass is 35.5. The Bertz CT molecular complexity index is 891. The molecule has 4 heterocycles. The van der Waals surface area contributed by atoms with Crippen molar-refractivity contribution in [3.05, 3.63) is 34.9 Å². The smallest absolute Gasteiger partial charge is 0.409 e. The first-order valence-corrected chi connectivity index (χ1v) is 12.5. The van der Waals surface area contributed by atoms with Gasteiger partial charge in [0.2, 0.25) is 0 Å². The Balaban J connectivity index is 1.48. The molecule has 2 aromatic rings. The number of nitrogens with zero attached hydrogens (tertiary/aromatic N) is 3. The number of ether oxygens (including phenoxy) is 2. The van der Waals surface area contributed by atoms with Crippen molar-refractivity contribution < 1.29 is 18.7 Å². The molecule has 9 heteroatoms. The lowest BCUT2D eigenvalue weighted by molar-refractivity contribution is 0.0785. The van der Waals surface area contributed by atoms with E-state index < -0.39 is 0 Å². The fraction of sp³-hybridized carbons (Fsp3) is 0.609. The average Bonchev–Trinajstić information content (AvgIpc) is 3.23. The third kappa shape index (κ3) is 5.97. The Morgan fingerprint density at radius 3 is 2.62 bits per heavy atom. The largest absolute Gasteiger partial charge is 0.449 e. The van der Waals surface area contributed by atoms with Crippen LogP contribution in [0.5, 0.6) is 0 Å². The molecular weight excluding hydrogens is 450 g/mol. The van der Waals surface area contributed by atoms with Crippen LogP contribution in [-0.2, 0) is 9.47 Å². The number of oxazole rings is 1. The third-order valence-electron chi connectivity index (χ3n) is 5.79. The number of hydrogen-bond donors (Lipinski definition) is 0. The van der Waals surface area contributed by atoms with Gasteiger partial charge < -0.3 is 18.8 Å². The second kappa shape index (κ2) is 10.9. The van der Waals surface area contributed by atoms with Gasteiger partial charge in [0, 0.05) is 44.3 Å². The standard InChI is InChI=1S/C23H30ClN3O4S/c1-15(2)14-30-23(28)27-9-5-16(6-10-27)20-22(32-19-4-3-18(24)13-25-19)31-21(26-20)17-7-11-29-12-8-17/h3-4,13,15-17H,5-12,14H2,1-2H3. The van der Waals surface area contributed by atoms with Gasteiger partial charge in [-0.05, 0) is 55.5 Å². The Morgan fingerprint density at radius 1 is 1.22 bits per heavy atom. The van der Waals surface area contributed by atoms with Crippen LogP contribution >= 0.6 is 23.4 Å². The quantitative estimate of drug-likeness (QED) is 0.522. The van der Waals surface area contributed by atoms with Crippen LogP contribution in [0.2, 0.25) is 5.02 Å². The molecule has 0 spiro atoms. The summed E-state index contributed by atoms with van der Waals surface area (Å²) in [5.41, 5.74) is 0.975. The molecule has 2 fully saturated rings. The molecule has 2 aliphatic heterocycles. The van der Waals surface area contributed by atoms with E-state index >= 15 is 0 Å². The summed E-state index contributed by atoms with van der Waals surface area (Å²) in [5.74, 6) is 1.63. The molecule has 0 aliphatic carbocycles. The van der Waals surface area contributed by atoms with E-state index in [4.69, 9.17) is 30.5 Å². The summed E-state index contributed by atoms with van der Waals surface area (Å²) in [7, 11) is 0. The minimum atomic E-state index is -0.222. The molecule has 0 saturated carbocycles. The molecule has 32 heavy (non-hydrogen) atoms. The summed E-state index contributed by atoms with van der Waals surface area (Å²) in [6.45, 7) is 7.31. The van der Waals surface area contributed by atoms with Gasteiger partial charge >= 0.3 is 6.09 Å². The number of rotatable bonds is 6. The molecule has 2 saturated heterocycles. The summed E-state index contributed by atoms with van der Waals surface area (Å²) in [6.07, 6.45) is 4.92. The van der Waals surface area contributed by atoms with Crippen LogP contribution in [0, 0.1) is 5.92 Å². The lowest BCUT2D eigenvalue weighted by Gasteiger charge is -2.30. The Morgan fingerprint density at radius 2 is 1.97 bits per heavy atom. The number of piperidine rings is 1. The topological polar surface area (TPSA) is 77.7 Å². The lowest BCUT2D eigenvalue weighted by Crippen LogP contribution is -2.38. The molecule has 0 radical (unpaired) electrons. The van der Waals surface area contributed by atoms with Crippen molar-refractivity contribution in [3.8, 4) is 0 Å². The minimum absolute atomic E-state index is 0.222. The molecule has 0 atom stereocenters. The normalized spacial score (nSPS) is 18.3. The van der Waals surface area contributed by atoms with E-state index in [0.29, 0.717) is 30.6 Å². The maximum Gasteiger partial charge on any atom is 0.409 e. The van der Waals surface area contributed by atoms with Gasteiger partial charge in [-0.3, -0.25) is 0 Å². The zero-order chi connectivity index (χ0) is 22.5. The fourth-order valence-corrected chi connectivity index (χ4v) is 4.95. The van der Waals surface area contributed by atoms with Crippen LogP contribution in [0.15, 0.2) is 32.9 Å². The maximum absolute atomic E-state index is 12.3. The van der Waals surface area contributed by atoms with Crippen LogP contribution in [0.3, 0.4) is 0 Å². The van der Waals surface area contributed by atoms with Crippen molar-refractivity contribution in [3.63, 3.8) is 0 Å². The van der Waals surface area contributed by atoms with Gasteiger partial charge in [0.1, 0.15) is 5.03 Å². The summed E-state index contributed by atoms with van der Waals surface area (Å²) < 4.78 is 17.2. The number of pyridine rings is 1. The predicted molar refractivity (Wildman–Crippen MR) is 122 cm³/mol. The highest BCUT2D eigenvalue weighted by molar-refractivity contribution is 7.99. The van der Waals surface area contributed by atoms with E-state index in [-0.39, 0.29) is 17.9 Å². The van der Waals surface area contributed by atoms with Gasteiger partial charge in [-0.1, -0.05) is 25.4 Å². The van der Waals surface area contributed by atoms with Crippen LogP contribution in [0.4, 0.5) is 4.79 Å². The zero-order valence-electron chi connectivity index (χ0n) is 18.6. The Labute approximate surface area is 198 Å². The highest BCUT2D eigenvalue weighted by Gasteiger charge is 2.31. The van der Waals surface area contributed by atoms with E-state index in [1.54, 1.807) is 11.1 Å². The first-order valence-electron chi connectivity index (χ1n) is 11.3. The van der Waals surface area contributed by atoms with Gasteiger partial charge in [-0.15, -0.1) is 0 Å². The second-order valence-corrected chi connectivity index (χ2v) is 10.2. The van der Waals surface area contributed by atoms with Crippen LogP contribution < -0.4 is 0 Å². The molecule has 7 nitrogen and oxygen atoms in total. The maximum atomic E-state index is 12.3. The predicted octanol–water partition coefficient (Wildman–Crippen LogP) is 5.74. The molecule has 2 aliphatic rings. The summed E-state index contributed by atoms with van der Waals surface area (Å²) >= 11 is 7.47. The molecule has 0 N–H and O–H groups in total. The molecule has 1 amide bonds. The fourth-order valence-electron chi connectivity index (χ4n) is 3.97. The van der Waals surface area contributed by atoms with Crippen molar-refractivity contribution >= 4 is 29.5 Å². The van der Waals surface area contributed by atoms with Crippen molar-refractivity contribution in [2.75, 3.05) is 32.9 Å². The number of halogens is 1. The zero-order valence-corrected chi connectivity index (χ0v) is 20.2. The number of amides is 1. The van der Waals surface area contributed by atoms with Gasteiger partial charge in [-0.25, -0.2) is 14.8 Å². The van der Waals surface area contributed by atoms with Gasteiger partial charge in [0.05, 0.1) is 17.3 Å². The SMILES string of the molecule is CC(C)COC(=O)N1CCC(c2nc(C3CCOCC3)oc2Sc2ccc(Cl)cn2)CC1. The summed E-state index contributed by atoms with van der Waals surface area (Å²) in [6, 6.07) is 3.72. The van der Waals surface area contributed by atoms with Gasteiger partial charge in [-0.2, -0.15) is 0 Å². The molecule has 174 valence electrons. The Hall–Kier alpha value is -1.77. The minimum Gasteiger partial charge on any atom is -0.449 e. The second-order valence-electron chi connectivity index (χ2n) is 8.76. The number of aromatic nitrogens is 2. The van der Waals surface area contributed by atoms with E-state index in [2.05, 4.69) is 4.98 Å². The van der Waals surface area contributed by atoms with E-state index in [0.717, 1.165) is 60.6 Å². The number of carbonyl (C=O) groups is 1. The van der Waals surface area contributed by atoms with Gasteiger partial charge in [0.25, 0.3) is 0 Å². The molecule has 4 rings (SSSR count). The number of carbonyl (C=O) groups excluding carboxylic acids is 1. The molecule has 0 aromatic carbocycles. The summed E-state index contributed by atoms with van der Waals surface area (Å²) in [4.78, 5) is 23.5.